The fraction of sp³-hybridized carbons (Fsp3) is 0.0909. The van der Waals surface area contributed by atoms with Crippen LogP contribution in [0.1, 0.15) is 15.9 Å². The number of nitrogens with zero attached hydrogens (tertiary/aromatic N) is 3. The Labute approximate surface area is 128 Å². The molecule has 2 rings (SSSR count). The van der Waals surface area contributed by atoms with Crippen LogP contribution in [0.25, 0.3) is 0 Å². The monoisotopic (exact) mass is 372 g/mol. The Morgan fingerprint density at radius 3 is 2.62 bits per heavy atom. The fourth-order valence-corrected chi connectivity index (χ4v) is 3.36. The lowest BCUT2D eigenvalue weighted by Crippen LogP contribution is -2.17. The highest BCUT2D eigenvalue weighted by molar-refractivity contribution is 9.10. The molecule has 0 unspecified atom stereocenters. The van der Waals surface area contributed by atoms with E-state index in [1.807, 2.05) is 0 Å². The largest absolute Gasteiger partial charge is 0.478 e. The van der Waals surface area contributed by atoms with E-state index in [0.717, 1.165) is 6.07 Å². The zero-order valence-corrected chi connectivity index (χ0v) is 13.0. The molecule has 0 aliphatic heterocycles. The maximum Gasteiger partial charge on any atom is 0.335 e. The van der Waals surface area contributed by atoms with Gasteiger partial charge in [0.25, 0.3) is 16.0 Å². The molecule has 0 fully saturated rings. The third-order valence-electron chi connectivity index (χ3n) is 2.54. The SMILES string of the molecule is Cc1c(Br)cc(C(=O)O)cc1S(=O)(=O)Nc1nccnn1. The van der Waals surface area contributed by atoms with Gasteiger partial charge in [-0.05, 0) is 24.6 Å². The van der Waals surface area contributed by atoms with E-state index in [0.29, 0.717) is 10.0 Å². The van der Waals surface area contributed by atoms with Crippen molar-refractivity contribution < 1.29 is 18.3 Å². The Bertz CT molecular complexity index is 795. The van der Waals surface area contributed by atoms with Crippen LogP contribution in [-0.4, -0.2) is 34.7 Å². The summed E-state index contributed by atoms with van der Waals surface area (Å²) < 4.78 is 27.1. The van der Waals surface area contributed by atoms with E-state index in [2.05, 4.69) is 35.8 Å². The number of nitrogens with one attached hydrogen (secondary N) is 1. The third-order valence-corrected chi connectivity index (χ3v) is 4.82. The molecule has 0 bridgehead atoms. The van der Waals surface area contributed by atoms with Crippen molar-refractivity contribution in [3.05, 3.63) is 40.1 Å². The van der Waals surface area contributed by atoms with Crippen LogP contribution in [-0.2, 0) is 10.0 Å². The molecule has 0 atom stereocenters. The number of halogens is 1. The van der Waals surface area contributed by atoms with Gasteiger partial charge in [-0.25, -0.2) is 22.9 Å². The second kappa shape index (κ2) is 5.74. The molecule has 2 aromatic rings. The number of carboxylic acids is 1. The average Bonchev–Trinajstić information content (AvgIpc) is 2.41. The molecule has 10 heteroatoms. The maximum atomic E-state index is 12.3. The predicted molar refractivity (Wildman–Crippen MR) is 76.5 cm³/mol. The molecule has 0 spiro atoms. The van der Waals surface area contributed by atoms with Crippen LogP contribution in [0, 0.1) is 6.92 Å². The minimum Gasteiger partial charge on any atom is -0.478 e. The number of aromatic nitrogens is 3. The molecular weight excluding hydrogens is 364 g/mol. The molecule has 0 aliphatic rings. The van der Waals surface area contributed by atoms with E-state index < -0.39 is 16.0 Å². The molecule has 2 N–H and O–H groups in total. The van der Waals surface area contributed by atoms with E-state index in [1.165, 1.54) is 18.5 Å². The lowest BCUT2D eigenvalue weighted by atomic mass is 10.1. The highest BCUT2D eigenvalue weighted by Crippen LogP contribution is 2.26. The van der Waals surface area contributed by atoms with Crippen LogP contribution in [0.4, 0.5) is 5.95 Å². The van der Waals surface area contributed by atoms with Crippen molar-refractivity contribution in [2.75, 3.05) is 4.72 Å². The van der Waals surface area contributed by atoms with Crippen LogP contribution in [0.5, 0.6) is 0 Å². The summed E-state index contributed by atoms with van der Waals surface area (Å²) >= 11 is 3.14. The Morgan fingerprint density at radius 2 is 2.05 bits per heavy atom. The summed E-state index contributed by atoms with van der Waals surface area (Å²) in [5, 5.41) is 16.0. The summed E-state index contributed by atoms with van der Waals surface area (Å²) in [4.78, 5) is 14.6. The van der Waals surface area contributed by atoms with Gasteiger partial charge in [0.1, 0.15) is 0 Å². The Hall–Kier alpha value is -2.07. The lowest BCUT2D eigenvalue weighted by molar-refractivity contribution is 0.0696. The topological polar surface area (TPSA) is 122 Å². The van der Waals surface area contributed by atoms with Crippen molar-refractivity contribution in [2.24, 2.45) is 0 Å². The summed E-state index contributed by atoms with van der Waals surface area (Å²) in [6, 6.07) is 2.40. The quantitative estimate of drug-likeness (QED) is 0.832. The van der Waals surface area contributed by atoms with Gasteiger partial charge in [0, 0.05) is 4.47 Å². The predicted octanol–water partition coefficient (Wildman–Crippen LogP) is 1.44. The average molecular weight is 373 g/mol. The van der Waals surface area contributed by atoms with Crippen molar-refractivity contribution in [1.82, 2.24) is 15.2 Å². The molecule has 1 aromatic carbocycles. The van der Waals surface area contributed by atoms with Crippen molar-refractivity contribution >= 4 is 37.9 Å². The molecule has 0 radical (unpaired) electrons. The first-order chi connectivity index (χ1) is 9.81. The molecule has 1 heterocycles. The summed E-state index contributed by atoms with van der Waals surface area (Å²) in [7, 11) is -4.03. The smallest absolute Gasteiger partial charge is 0.335 e. The first-order valence-electron chi connectivity index (χ1n) is 5.51. The fourth-order valence-electron chi connectivity index (χ4n) is 1.53. The zero-order valence-electron chi connectivity index (χ0n) is 10.6. The van der Waals surface area contributed by atoms with Gasteiger partial charge in [-0.15, -0.1) is 5.10 Å². The standard InChI is InChI=1S/C11H9BrN4O4S/c1-6-8(12)4-7(10(17)18)5-9(6)21(19,20)16-11-13-2-3-14-15-11/h2-5H,1H3,(H,17,18)(H,13,15,16). The summed E-state index contributed by atoms with van der Waals surface area (Å²) in [6.07, 6.45) is 2.58. The summed E-state index contributed by atoms with van der Waals surface area (Å²) in [5.41, 5.74) is 0.219. The second-order valence-electron chi connectivity index (χ2n) is 3.96. The van der Waals surface area contributed by atoms with Crippen molar-refractivity contribution in [2.45, 2.75) is 11.8 Å². The van der Waals surface area contributed by atoms with E-state index in [1.54, 1.807) is 6.92 Å². The molecule has 21 heavy (non-hydrogen) atoms. The van der Waals surface area contributed by atoms with E-state index >= 15 is 0 Å². The van der Waals surface area contributed by atoms with Crippen LogP contribution >= 0.6 is 15.9 Å². The number of benzene rings is 1. The van der Waals surface area contributed by atoms with Gasteiger partial charge < -0.3 is 5.11 Å². The van der Waals surface area contributed by atoms with Crippen LogP contribution in [0.2, 0.25) is 0 Å². The number of anilines is 1. The van der Waals surface area contributed by atoms with Crippen LogP contribution in [0.15, 0.2) is 33.9 Å². The van der Waals surface area contributed by atoms with Gasteiger partial charge in [0.05, 0.1) is 22.9 Å². The first kappa shape index (κ1) is 15.3. The van der Waals surface area contributed by atoms with Gasteiger partial charge >= 0.3 is 5.97 Å². The Kier molecular flexibility index (Phi) is 4.19. The maximum absolute atomic E-state index is 12.3. The van der Waals surface area contributed by atoms with Crippen LogP contribution < -0.4 is 4.72 Å². The van der Waals surface area contributed by atoms with Crippen molar-refractivity contribution in [3.8, 4) is 0 Å². The van der Waals surface area contributed by atoms with E-state index in [4.69, 9.17) is 5.11 Å². The number of rotatable bonds is 4. The third kappa shape index (κ3) is 3.34. The zero-order chi connectivity index (χ0) is 15.6. The number of aromatic carboxylic acids is 1. The van der Waals surface area contributed by atoms with Gasteiger partial charge in [-0.1, -0.05) is 15.9 Å². The highest BCUT2D eigenvalue weighted by atomic mass is 79.9. The molecule has 0 saturated heterocycles. The Balaban J connectivity index is 2.52. The lowest BCUT2D eigenvalue weighted by Gasteiger charge is -2.11. The van der Waals surface area contributed by atoms with Gasteiger partial charge in [-0.2, -0.15) is 5.10 Å². The normalized spacial score (nSPS) is 11.1. The molecule has 0 amide bonds. The number of hydrogen-bond donors (Lipinski definition) is 2. The van der Waals surface area contributed by atoms with E-state index in [9.17, 15) is 13.2 Å². The van der Waals surface area contributed by atoms with Gasteiger partial charge in [0.2, 0.25) is 0 Å². The van der Waals surface area contributed by atoms with Crippen LogP contribution in [0.3, 0.4) is 0 Å². The molecular formula is C11H9BrN4O4S. The number of carboxylic acid groups (broad SMARTS) is 1. The van der Waals surface area contributed by atoms with Crippen molar-refractivity contribution in [3.63, 3.8) is 0 Å². The molecule has 8 nitrogen and oxygen atoms in total. The summed E-state index contributed by atoms with van der Waals surface area (Å²) in [6.45, 7) is 1.55. The summed E-state index contributed by atoms with van der Waals surface area (Å²) in [5.74, 6) is -1.43. The molecule has 0 saturated carbocycles. The van der Waals surface area contributed by atoms with Crippen molar-refractivity contribution in [1.29, 1.82) is 0 Å². The molecule has 110 valence electrons. The Morgan fingerprint density at radius 1 is 1.33 bits per heavy atom. The van der Waals surface area contributed by atoms with E-state index in [-0.39, 0.29) is 16.4 Å². The number of hydrogen-bond acceptors (Lipinski definition) is 6. The first-order valence-corrected chi connectivity index (χ1v) is 7.79. The number of carbonyl (C=O) groups is 1. The molecule has 1 aromatic heterocycles. The van der Waals surface area contributed by atoms with Gasteiger partial charge in [0.15, 0.2) is 0 Å². The molecule has 0 aliphatic carbocycles. The van der Waals surface area contributed by atoms with Gasteiger partial charge in [-0.3, -0.25) is 0 Å². The highest BCUT2D eigenvalue weighted by Gasteiger charge is 2.22. The minimum absolute atomic E-state index is 0.153. The second-order valence-corrected chi connectivity index (χ2v) is 6.46. The minimum atomic E-state index is -4.03. The number of sulfonamides is 1.